The average molecular weight is 235 g/mol. The second-order valence-electron chi connectivity index (χ2n) is 4.16. The third kappa shape index (κ3) is 2.74. The summed E-state index contributed by atoms with van der Waals surface area (Å²) < 4.78 is 5.03. The van der Waals surface area contributed by atoms with E-state index in [4.69, 9.17) is 10.5 Å². The van der Waals surface area contributed by atoms with Crippen molar-refractivity contribution in [3.05, 3.63) is 23.9 Å². The molecule has 0 aliphatic heterocycles. The Hall–Kier alpha value is -1.62. The van der Waals surface area contributed by atoms with Crippen molar-refractivity contribution in [1.29, 1.82) is 0 Å². The number of nitrogens with two attached hydrogens (primary N) is 1. The Morgan fingerprint density at radius 1 is 1.65 bits per heavy atom. The Bertz CT molecular complexity index is 404. The second-order valence-corrected chi connectivity index (χ2v) is 4.16. The Morgan fingerprint density at radius 2 is 2.41 bits per heavy atom. The molecule has 1 heterocycles. The minimum absolute atomic E-state index is 0.0462. The molecule has 92 valence electrons. The van der Waals surface area contributed by atoms with Crippen LogP contribution in [0.4, 0.5) is 5.82 Å². The van der Waals surface area contributed by atoms with Gasteiger partial charge in [-0.15, -0.1) is 0 Å². The maximum atomic E-state index is 12.3. The van der Waals surface area contributed by atoms with Gasteiger partial charge in [0.05, 0.1) is 12.2 Å². The van der Waals surface area contributed by atoms with E-state index < -0.39 is 0 Å². The predicted octanol–water partition coefficient (Wildman–Crippen LogP) is 0.915. The van der Waals surface area contributed by atoms with Gasteiger partial charge in [-0.05, 0) is 25.0 Å². The third-order valence-electron chi connectivity index (χ3n) is 2.85. The molecule has 1 aliphatic carbocycles. The van der Waals surface area contributed by atoms with Crippen molar-refractivity contribution in [2.24, 2.45) is 0 Å². The van der Waals surface area contributed by atoms with Crippen LogP contribution >= 0.6 is 0 Å². The summed E-state index contributed by atoms with van der Waals surface area (Å²) in [6.07, 6.45) is 3.72. The van der Waals surface area contributed by atoms with Crippen LogP contribution in [0, 0.1) is 0 Å². The van der Waals surface area contributed by atoms with Gasteiger partial charge in [0.1, 0.15) is 5.82 Å². The molecule has 1 aromatic heterocycles. The molecular formula is C12H17N3O2. The molecule has 0 bridgehead atoms. The first kappa shape index (κ1) is 11.9. The van der Waals surface area contributed by atoms with Crippen molar-refractivity contribution in [1.82, 2.24) is 9.88 Å². The van der Waals surface area contributed by atoms with Crippen molar-refractivity contribution in [3.63, 3.8) is 0 Å². The van der Waals surface area contributed by atoms with Crippen LogP contribution in [0.1, 0.15) is 23.2 Å². The van der Waals surface area contributed by atoms with Gasteiger partial charge in [-0.2, -0.15) is 0 Å². The van der Waals surface area contributed by atoms with Gasteiger partial charge in [0.25, 0.3) is 5.91 Å². The van der Waals surface area contributed by atoms with Gasteiger partial charge in [-0.25, -0.2) is 4.98 Å². The molecule has 0 atom stereocenters. The Morgan fingerprint density at radius 3 is 3.00 bits per heavy atom. The van der Waals surface area contributed by atoms with Gasteiger partial charge in [-0.3, -0.25) is 4.79 Å². The summed E-state index contributed by atoms with van der Waals surface area (Å²) >= 11 is 0. The summed E-state index contributed by atoms with van der Waals surface area (Å²) in [5.74, 6) is 0.246. The number of carbonyl (C=O) groups is 1. The number of amides is 1. The summed E-state index contributed by atoms with van der Waals surface area (Å²) in [6.45, 7) is 1.15. The lowest BCUT2D eigenvalue weighted by Gasteiger charge is -2.22. The van der Waals surface area contributed by atoms with E-state index in [1.54, 1.807) is 25.4 Å². The van der Waals surface area contributed by atoms with Gasteiger partial charge in [0, 0.05) is 25.9 Å². The smallest absolute Gasteiger partial charge is 0.257 e. The van der Waals surface area contributed by atoms with Gasteiger partial charge in [-0.1, -0.05) is 0 Å². The molecule has 0 spiro atoms. The quantitative estimate of drug-likeness (QED) is 0.823. The van der Waals surface area contributed by atoms with E-state index >= 15 is 0 Å². The number of nitrogen functional groups attached to an aromatic ring is 1. The molecule has 0 aromatic carbocycles. The highest BCUT2D eigenvalue weighted by atomic mass is 16.5. The Kier molecular flexibility index (Phi) is 3.58. The van der Waals surface area contributed by atoms with Crippen molar-refractivity contribution >= 4 is 11.7 Å². The molecule has 0 unspecified atom stereocenters. The maximum Gasteiger partial charge on any atom is 0.257 e. The monoisotopic (exact) mass is 235 g/mol. The number of carbonyl (C=O) groups excluding carboxylic acids is 1. The number of rotatable bonds is 5. The molecule has 1 aliphatic rings. The molecule has 1 saturated carbocycles. The number of ether oxygens (including phenoxy) is 1. The van der Waals surface area contributed by atoms with Crippen LogP contribution in [-0.2, 0) is 4.74 Å². The number of aromatic nitrogens is 1. The zero-order chi connectivity index (χ0) is 12.3. The Balaban J connectivity index is 2.13. The highest BCUT2D eigenvalue weighted by Gasteiger charge is 2.33. The molecular weight excluding hydrogens is 218 g/mol. The zero-order valence-corrected chi connectivity index (χ0v) is 9.93. The van der Waals surface area contributed by atoms with E-state index in [1.165, 1.54) is 0 Å². The molecule has 1 amide bonds. The lowest BCUT2D eigenvalue weighted by molar-refractivity contribution is 0.0681. The van der Waals surface area contributed by atoms with Gasteiger partial charge in [0.2, 0.25) is 0 Å². The molecule has 1 fully saturated rings. The van der Waals surface area contributed by atoms with E-state index in [9.17, 15) is 4.79 Å². The van der Waals surface area contributed by atoms with Crippen molar-refractivity contribution in [2.75, 3.05) is 26.0 Å². The van der Waals surface area contributed by atoms with Crippen LogP contribution in [0.5, 0.6) is 0 Å². The maximum absolute atomic E-state index is 12.3. The van der Waals surface area contributed by atoms with E-state index in [0.717, 1.165) is 12.8 Å². The fraction of sp³-hybridized carbons (Fsp3) is 0.500. The minimum atomic E-state index is -0.0462. The summed E-state index contributed by atoms with van der Waals surface area (Å²) in [5, 5.41) is 0. The summed E-state index contributed by atoms with van der Waals surface area (Å²) in [7, 11) is 1.63. The van der Waals surface area contributed by atoms with Crippen molar-refractivity contribution in [3.8, 4) is 0 Å². The molecule has 2 N–H and O–H groups in total. The average Bonchev–Trinajstić information content (AvgIpc) is 3.14. The fourth-order valence-electron chi connectivity index (χ4n) is 1.78. The predicted molar refractivity (Wildman–Crippen MR) is 64.6 cm³/mol. The van der Waals surface area contributed by atoms with Crippen LogP contribution in [0.2, 0.25) is 0 Å². The molecule has 5 nitrogen and oxygen atoms in total. The number of pyridine rings is 1. The van der Waals surface area contributed by atoms with Gasteiger partial charge < -0.3 is 15.4 Å². The summed E-state index contributed by atoms with van der Waals surface area (Å²) in [4.78, 5) is 18.1. The first-order valence-electron chi connectivity index (χ1n) is 5.74. The minimum Gasteiger partial charge on any atom is -0.383 e. The lowest BCUT2D eigenvalue weighted by Crippen LogP contribution is -2.36. The fourth-order valence-corrected chi connectivity index (χ4v) is 1.78. The topological polar surface area (TPSA) is 68.5 Å². The van der Waals surface area contributed by atoms with E-state index in [1.807, 2.05) is 4.90 Å². The normalized spacial score (nSPS) is 14.6. The lowest BCUT2D eigenvalue weighted by atomic mass is 10.2. The number of anilines is 1. The number of hydrogen-bond donors (Lipinski definition) is 1. The van der Waals surface area contributed by atoms with E-state index in [0.29, 0.717) is 30.6 Å². The molecule has 0 saturated heterocycles. The van der Waals surface area contributed by atoms with Crippen LogP contribution in [0.25, 0.3) is 0 Å². The van der Waals surface area contributed by atoms with Crippen LogP contribution in [0.3, 0.4) is 0 Å². The highest BCUT2D eigenvalue weighted by Crippen LogP contribution is 2.28. The Labute approximate surface area is 101 Å². The standard InChI is InChI=1S/C12H17N3O2/c1-17-8-7-15(9-4-5-9)12(16)10-3-2-6-14-11(10)13/h2-3,6,9H,4-5,7-8H2,1H3,(H2,13,14). The summed E-state index contributed by atoms with van der Waals surface area (Å²) in [5.41, 5.74) is 6.20. The highest BCUT2D eigenvalue weighted by molar-refractivity contribution is 5.98. The van der Waals surface area contributed by atoms with Crippen LogP contribution in [0.15, 0.2) is 18.3 Å². The number of hydrogen-bond acceptors (Lipinski definition) is 4. The molecule has 1 aromatic rings. The largest absolute Gasteiger partial charge is 0.383 e. The van der Waals surface area contributed by atoms with Crippen LogP contribution < -0.4 is 5.73 Å². The molecule has 5 heteroatoms. The summed E-state index contributed by atoms with van der Waals surface area (Å²) in [6, 6.07) is 3.79. The molecule has 2 rings (SSSR count). The number of nitrogens with zero attached hydrogens (tertiary/aromatic N) is 2. The molecule has 0 radical (unpaired) electrons. The van der Waals surface area contributed by atoms with Gasteiger partial charge in [0.15, 0.2) is 0 Å². The van der Waals surface area contributed by atoms with Gasteiger partial charge >= 0.3 is 0 Å². The van der Waals surface area contributed by atoms with Crippen LogP contribution in [-0.4, -0.2) is 42.1 Å². The third-order valence-corrected chi connectivity index (χ3v) is 2.85. The first-order chi connectivity index (χ1) is 8.24. The zero-order valence-electron chi connectivity index (χ0n) is 9.93. The second kappa shape index (κ2) is 5.14. The van der Waals surface area contributed by atoms with E-state index in [-0.39, 0.29) is 5.91 Å². The number of methoxy groups -OCH3 is 1. The van der Waals surface area contributed by atoms with Crippen molar-refractivity contribution in [2.45, 2.75) is 18.9 Å². The first-order valence-corrected chi connectivity index (χ1v) is 5.74. The molecule has 17 heavy (non-hydrogen) atoms. The van der Waals surface area contributed by atoms with E-state index in [2.05, 4.69) is 4.98 Å². The van der Waals surface area contributed by atoms with Crippen molar-refractivity contribution < 1.29 is 9.53 Å². The SMILES string of the molecule is COCCN(C(=O)c1cccnc1N)C1CC1.